The van der Waals surface area contributed by atoms with E-state index in [0.29, 0.717) is 0 Å². The average molecular weight is 410 g/mol. The van der Waals surface area contributed by atoms with Gasteiger partial charge >= 0.3 is 0 Å². The maximum absolute atomic E-state index is 13.0. The first kappa shape index (κ1) is 23.6. The monoisotopic (exact) mass is 410 g/mol. The number of rotatable bonds is 8. The SMILES string of the molecule is CCC(C(=O)Nc1c(C)cc(OC)cc1C)[N+](CC)(CC)CC.[Y]. The molecule has 0 spiro atoms. The van der Waals surface area contributed by atoms with E-state index in [1.807, 2.05) is 26.0 Å². The molecule has 24 heavy (non-hydrogen) atoms. The Labute approximate surface area is 172 Å². The Kier molecular flexibility index (Phi) is 10.3. The molecule has 0 aliphatic heterocycles. The van der Waals surface area contributed by atoms with E-state index >= 15 is 0 Å². The second-order valence-electron chi connectivity index (χ2n) is 6.22. The fourth-order valence-electron chi connectivity index (χ4n) is 3.60. The number of ether oxygens (including phenoxy) is 1. The van der Waals surface area contributed by atoms with Gasteiger partial charge in [-0.05, 0) is 57.9 Å². The van der Waals surface area contributed by atoms with Gasteiger partial charge < -0.3 is 14.5 Å². The van der Waals surface area contributed by atoms with Crippen LogP contribution in [0, 0.1) is 13.8 Å². The minimum absolute atomic E-state index is 0. The Morgan fingerprint density at radius 2 is 1.54 bits per heavy atom. The number of methoxy groups -OCH3 is 1. The fraction of sp³-hybridized carbons (Fsp3) is 0.632. The maximum atomic E-state index is 13.0. The third kappa shape index (κ3) is 5.03. The summed E-state index contributed by atoms with van der Waals surface area (Å²) in [6.45, 7) is 15.6. The number of amides is 1. The summed E-state index contributed by atoms with van der Waals surface area (Å²) in [5, 5.41) is 3.18. The third-order valence-electron chi connectivity index (χ3n) is 5.23. The number of carbonyl (C=O) groups is 1. The van der Waals surface area contributed by atoms with Gasteiger partial charge in [-0.25, -0.2) is 0 Å². The smallest absolute Gasteiger partial charge is 0.282 e. The van der Waals surface area contributed by atoms with Crippen LogP contribution in [0.15, 0.2) is 12.1 Å². The number of aryl methyl sites for hydroxylation is 2. The molecule has 1 aromatic rings. The molecule has 0 heterocycles. The second kappa shape index (κ2) is 10.5. The molecule has 1 amide bonds. The number of hydrogen-bond acceptors (Lipinski definition) is 2. The molecule has 1 N–H and O–H groups in total. The summed E-state index contributed by atoms with van der Waals surface area (Å²) in [5.74, 6) is 0.945. The van der Waals surface area contributed by atoms with E-state index in [2.05, 4.69) is 33.0 Å². The van der Waals surface area contributed by atoms with Crippen LogP contribution in [0.1, 0.15) is 45.2 Å². The summed E-state index contributed by atoms with van der Waals surface area (Å²) >= 11 is 0. The average Bonchev–Trinajstić information content (AvgIpc) is 2.55. The van der Waals surface area contributed by atoms with Gasteiger partial charge in [0.1, 0.15) is 5.75 Å². The quantitative estimate of drug-likeness (QED) is 0.661. The van der Waals surface area contributed by atoms with E-state index in [0.717, 1.165) is 53.1 Å². The van der Waals surface area contributed by atoms with E-state index in [1.54, 1.807) is 7.11 Å². The predicted octanol–water partition coefficient (Wildman–Crippen LogP) is 3.90. The minimum atomic E-state index is -0.0177. The van der Waals surface area contributed by atoms with Crippen LogP contribution in [0.2, 0.25) is 0 Å². The van der Waals surface area contributed by atoms with Gasteiger partial charge in [-0.15, -0.1) is 0 Å². The topological polar surface area (TPSA) is 38.3 Å². The van der Waals surface area contributed by atoms with Gasteiger partial charge in [-0.2, -0.15) is 0 Å². The van der Waals surface area contributed by atoms with Crippen LogP contribution in [0.5, 0.6) is 5.75 Å². The summed E-state index contributed by atoms with van der Waals surface area (Å²) in [7, 11) is 1.66. The first-order valence-electron chi connectivity index (χ1n) is 8.70. The summed E-state index contributed by atoms with van der Waals surface area (Å²) < 4.78 is 6.13. The summed E-state index contributed by atoms with van der Waals surface area (Å²) in [5.41, 5.74) is 2.98. The van der Waals surface area contributed by atoms with E-state index in [-0.39, 0.29) is 44.7 Å². The standard InChI is InChI=1S/C19H32N2O2.Y/c1-8-17(21(9-2,10-3)11-4)19(22)20-18-14(5)12-16(23-7)13-15(18)6;/h12-13,17H,8-11H2,1-7H3;/p+1. The minimum Gasteiger partial charge on any atom is -0.497 e. The van der Waals surface area contributed by atoms with Crippen molar-refractivity contribution in [3.05, 3.63) is 23.3 Å². The van der Waals surface area contributed by atoms with Crippen LogP contribution in [0.3, 0.4) is 0 Å². The predicted molar refractivity (Wildman–Crippen MR) is 97.1 cm³/mol. The summed E-state index contributed by atoms with van der Waals surface area (Å²) in [6.07, 6.45) is 0.843. The summed E-state index contributed by atoms with van der Waals surface area (Å²) in [4.78, 5) is 13.0. The molecule has 0 saturated carbocycles. The molecule has 1 unspecified atom stereocenters. The van der Waals surface area contributed by atoms with Crippen molar-refractivity contribution in [2.24, 2.45) is 0 Å². The van der Waals surface area contributed by atoms with Crippen LogP contribution in [0.4, 0.5) is 5.69 Å². The molecule has 133 valence electrons. The number of nitrogens with zero attached hydrogens (tertiary/aromatic N) is 1. The molecule has 0 aliphatic rings. The third-order valence-corrected chi connectivity index (χ3v) is 5.23. The molecule has 1 rings (SSSR count). The molecule has 0 aliphatic carbocycles. The molecule has 5 heteroatoms. The Balaban J connectivity index is 0.00000529. The Hall–Kier alpha value is -0.446. The molecule has 0 saturated heterocycles. The molecule has 4 nitrogen and oxygen atoms in total. The van der Waals surface area contributed by atoms with Crippen molar-refractivity contribution in [3.63, 3.8) is 0 Å². The van der Waals surface area contributed by atoms with Crippen molar-refractivity contribution >= 4 is 11.6 Å². The van der Waals surface area contributed by atoms with Gasteiger partial charge in [0, 0.05) is 44.8 Å². The number of nitrogens with one attached hydrogen (secondary N) is 1. The van der Waals surface area contributed by atoms with Gasteiger partial charge in [0.05, 0.1) is 26.7 Å². The van der Waals surface area contributed by atoms with Gasteiger partial charge in [0.15, 0.2) is 6.04 Å². The Morgan fingerprint density at radius 1 is 1.08 bits per heavy atom. The number of anilines is 1. The van der Waals surface area contributed by atoms with E-state index in [1.165, 1.54) is 0 Å². The number of hydrogen-bond donors (Lipinski definition) is 1. The largest absolute Gasteiger partial charge is 0.497 e. The van der Waals surface area contributed by atoms with Gasteiger partial charge in [0.25, 0.3) is 5.91 Å². The van der Waals surface area contributed by atoms with E-state index in [4.69, 9.17) is 4.74 Å². The van der Waals surface area contributed by atoms with Gasteiger partial charge in [-0.3, -0.25) is 4.79 Å². The zero-order chi connectivity index (χ0) is 17.6. The van der Waals surface area contributed by atoms with Crippen LogP contribution >= 0.6 is 0 Å². The summed E-state index contributed by atoms with van der Waals surface area (Å²) in [6, 6.07) is 3.91. The molecule has 0 aromatic heterocycles. The molecular formula is C19H33N2O2Y+. The number of likely N-dealkylation sites (N-methyl/N-ethyl adjacent to an activating group) is 1. The van der Waals surface area contributed by atoms with Crippen LogP contribution in [-0.4, -0.2) is 43.2 Å². The van der Waals surface area contributed by atoms with Gasteiger partial charge in [0.2, 0.25) is 0 Å². The molecular weight excluding hydrogens is 377 g/mol. The normalized spacial score (nSPS) is 12.3. The number of carbonyl (C=O) groups excluding carboxylic acids is 1. The molecule has 1 aromatic carbocycles. The van der Waals surface area contributed by atoms with Crippen LogP contribution < -0.4 is 10.1 Å². The zero-order valence-electron chi connectivity index (χ0n) is 16.4. The van der Waals surface area contributed by atoms with E-state index in [9.17, 15) is 4.79 Å². The van der Waals surface area contributed by atoms with Crippen molar-refractivity contribution in [1.29, 1.82) is 0 Å². The number of quaternary nitrogens is 1. The van der Waals surface area contributed by atoms with Crippen molar-refractivity contribution in [1.82, 2.24) is 0 Å². The van der Waals surface area contributed by atoms with Crippen molar-refractivity contribution in [2.75, 3.05) is 32.1 Å². The first-order valence-corrected chi connectivity index (χ1v) is 8.70. The maximum Gasteiger partial charge on any atom is 0.282 e. The van der Waals surface area contributed by atoms with Gasteiger partial charge in [-0.1, -0.05) is 6.92 Å². The molecule has 1 radical (unpaired) electrons. The Morgan fingerprint density at radius 3 is 1.88 bits per heavy atom. The van der Waals surface area contributed by atoms with Crippen LogP contribution in [-0.2, 0) is 37.5 Å². The Bertz CT molecular complexity index is 511. The zero-order valence-corrected chi connectivity index (χ0v) is 19.2. The van der Waals surface area contributed by atoms with Crippen LogP contribution in [0.25, 0.3) is 0 Å². The fourth-order valence-corrected chi connectivity index (χ4v) is 3.60. The second-order valence-corrected chi connectivity index (χ2v) is 6.22. The van der Waals surface area contributed by atoms with Crippen molar-refractivity contribution in [2.45, 2.75) is 54.0 Å². The van der Waals surface area contributed by atoms with Crippen molar-refractivity contribution < 1.29 is 46.7 Å². The number of benzene rings is 1. The molecule has 0 bridgehead atoms. The van der Waals surface area contributed by atoms with E-state index < -0.39 is 0 Å². The molecule has 0 fully saturated rings. The van der Waals surface area contributed by atoms with Crippen molar-refractivity contribution in [3.8, 4) is 5.75 Å². The first-order chi connectivity index (χ1) is 10.9. The molecule has 1 atom stereocenters.